The molecule has 0 saturated heterocycles. The lowest BCUT2D eigenvalue weighted by Crippen LogP contribution is -2.41. The second kappa shape index (κ2) is 5.30. The molecule has 1 aliphatic carbocycles. The molecule has 1 fully saturated rings. The van der Waals surface area contributed by atoms with Crippen LogP contribution in [0.25, 0.3) is 22.2 Å². The van der Waals surface area contributed by atoms with Crippen LogP contribution in [0.4, 0.5) is 4.39 Å². The van der Waals surface area contributed by atoms with Gasteiger partial charge in [-0.3, -0.25) is 9.78 Å². The van der Waals surface area contributed by atoms with Crippen molar-refractivity contribution < 1.29 is 9.18 Å². The highest BCUT2D eigenvalue weighted by Crippen LogP contribution is 2.39. The molecule has 5 rings (SSSR count). The standard InChI is InChI=1S/C19H15ClFN3O/c20-13-6-3-11(10-14(13)21)16-17-15(2-1-7-22-17)24-9-8-23(12-4-5-12)19(25)18(16)24/h1-3,6-7,10,12H,4-5,8-9H2. The molecule has 3 heterocycles. The third kappa shape index (κ3) is 2.19. The summed E-state index contributed by atoms with van der Waals surface area (Å²) in [6, 6.07) is 8.83. The summed E-state index contributed by atoms with van der Waals surface area (Å²) in [6.45, 7) is 1.44. The van der Waals surface area contributed by atoms with Crippen molar-refractivity contribution in [3.8, 4) is 11.1 Å². The van der Waals surface area contributed by atoms with Crippen molar-refractivity contribution in [3.63, 3.8) is 0 Å². The Bertz CT molecular complexity index is 1020. The SMILES string of the molecule is O=C1c2c(-c3ccc(Cl)c(F)c3)c3ncccc3n2CCN1C1CC1. The van der Waals surface area contributed by atoms with Crippen molar-refractivity contribution in [2.75, 3.05) is 6.54 Å². The fourth-order valence-electron chi connectivity index (χ4n) is 3.73. The number of fused-ring (bicyclic) bond motifs is 3. The predicted octanol–water partition coefficient (Wildman–Crippen LogP) is 4.11. The van der Waals surface area contributed by atoms with E-state index >= 15 is 0 Å². The Labute approximate surface area is 148 Å². The number of halogens is 2. The number of rotatable bonds is 2. The first-order valence-corrected chi connectivity index (χ1v) is 8.76. The maximum atomic E-state index is 14.1. The third-order valence-corrected chi connectivity index (χ3v) is 5.35. The van der Waals surface area contributed by atoms with Gasteiger partial charge in [0.25, 0.3) is 5.91 Å². The molecule has 0 radical (unpaired) electrons. The zero-order valence-corrected chi connectivity index (χ0v) is 14.1. The van der Waals surface area contributed by atoms with Gasteiger partial charge in [-0.15, -0.1) is 0 Å². The molecule has 6 heteroatoms. The molecule has 3 aromatic rings. The van der Waals surface area contributed by atoms with Gasteiger partial charge in [0.15, 0.2) is 0 Å². The number of nitrogens with zero attached hydrogens (tertiary/aromatic N) is 3. The van der Waals surface area contributed by atoms with E-state index in [9.17, 15) is 9.18 Å². The molecule has 1 aromatic carbocycles. The Kier molecular flexibility index (Phi) is 3.16. The van der Waals surface area contributed by atoms with Gasteiger partial charge >= 0.3 is 0 Å². The number of carbonyl (C=O) groups excluding carboxylic acids is 1. The maximum Gasteiger partial charge on any atom is 0.271 e. The van der Waals surface area contributed by atoms with Crippen LogP contribution in [0.3, 0.4) is 0 Å². The highest BCUT2D eigenvalue weighted by Gasteiger charge is 2.39. The quantitative estimate of drug-likeness (QED) is 0.693. The zero-order chi connectivity index (χ0) is 17.1. The number of aromatic nitrogens is 2. The maximum absolute atomic E-state index is 14.1. The minimum atomic E-state index is -0.495. The molecule has 1 saturated carbocycles. The first-order valence-electron chi connectivity index (χ1n) is 8.39. The molecular formula is C19H15ClFN3O. The average Bonchev–Trinajstić information content (AvgIpc) is 3.40. The first-order chi connectivity index (χ1) is 12.1. The van der Waals surface area contributed by atoms with Crippen LogP contribution in [-0.4, -0.2) is 32.9 Å². The van der Waals surface area contributed by atoms with E-state index in [1.54, 1.807) is 12.3 Å². The molecule has 0 bridgehead atoms. The summed E-state index contributed by atoms with van der Waals surface area (Å²) in [5, 5.41) is 0.0695. The molecule has 0 atom stereocenters. The van der Waals surface area contributed by atoms with Crippen LogP contribution in [0.1, 0.15) is 23.3 Å². The molecule has 4 nitrogen and oxygen atoms in total. The van der Waals surface area contributed by atoms with Gasteiger partial charge in [-0.2, -0.15) is 0 Å². The third-order valence-electron chi connectivity index (χ3n) is 5.04. The summed E-state index contributed by atoms with van der Waals surface area (Å²) in [5.74, 6) is -0.484. The Morgan fingerprint density at radius 3 is 2.80 bits per heavy atom. The monoisotopic (exact) mass is 355 g/mol. The van der Waals surface area contributed by atoms with Crippen LogP contribution in [-0.2, 0) is 6.54 Å². The predicted molar refractivity (Wildman–Crippen MR) is 94.2 cm³/mol. The van der Waals surface area contributed by atoms with Crippen molar-refractivity contribution in [2.24, 2.45) is 0 Å². The zero-order valence-electron chi connectivity index (χ0n) is 13.4. The van der Waals surface area contributed by atoms with E-state index in [2.05, 4.69) is 4.98 Å². The number of amides is 1. The van der Waals surface area contributed by atoms with Gasteiger partial charge < -0.3 is 9.47 Å². The molecule has 0 N–H and O–H groups in total. The smallest absolute Gasteiger partial charge is 0.271 e. The first kappa shape index (κ1) is 14.9. The second-order valence-corrected chi connectivity index (χ2v) is 7.01. The highest BCUT2D eigenvalue weighted by atomic mass is 35.5. The van der Waals surface area contributed by atoms with Gasteiger partial charge in [-0.1, -0.05) is 17.7 Å². The number of pyridine rings is 1. The summed E-state index contributed by atoms with van der Waals surface area (Å²) in [6.07, 6.45) is 3.83. The van der Waals surface area contributed by atoms with E-state index in [4.69, 9.17) is 11.6 Å². The van der Waals surface area contributed by atoms with Crippen LogP contribution in [0, 0.1) is 5.82 Å². The van der Waals surface area contributed by atoms with E-state index in [-0.39, 0.29) is 10.9 Å². The number of hydrogen-bond acceptors (Lipinski definition) is 2. The van der Waals surface area contributed by atoms with Gasteiger partial charge in [-0.05, 0) is 42.7 Å². The fraction of sp³-hybridized carbons (Fsp3) is 0.263. The highest BCUT2D eigenvalue weighted by molar-refractivity contribution is 6.30. The summed E-state index contributed by atoms with van der Waals surface area (Å²) in [7, 11) is 0. The van der Waals surface area contributed by atoms with Crippen LogP contribution in [0.5, 0.6) is 0 Å². The molecule has 1 aliphatic heterocycles. The Hall–Kier alpha value is -2.40. The molecule has 0 unspecified atom stereocenters. The van der Waals surface area contributed by atoms with Crippen molar-refractivity contribution in [1.82, 2.24) is 14.5 Å². The number of hydrogen-bond donors (Lipinski definition) is 0. The molecule has 0 spiro atoms. The normalized spacial score (nSPS) is 17.2. The summed E-state index contributed by atoms with van der Waals surface area (Å²) >= 11 is 5.83. The largest absolute Gasteiger partial charge is 0.333 e. The number of benzene rings is 1. The lowest BCUT2D eigenvalue weighted by atomic mass is 10.0. The minimum Gasteiger partial charge on any atom is -0.333 e. The fourth-order valence-corrected chi connectivity index (χ4v) is 3.85. The molecular weight excluding hydrogens is 341 g/mol. The summed E-state index contributed by atoms with van der Waals surface area (Å²) in [5.41, 5.74) is 3.57. The molecule has 2 aliphatic rings. The second-order valence-electron chi connectivity index (χ2n) is 6.60. The van der Waals surface area contributed by atoms with Crippen molar-refractivity contribution in [2.45, 2.75) is 25.4 Å². The van der Waals surface area contributed by atoms with Crippen LogP contribution >= 0.6 is 11.6 Å². The van der Waals surface area contributed by atoms with Crippen molar-refractivity contribution >= 4 is 28.5 Å². The van der Waals surface area contributed by atoms with Crippen molar-refractivity contribution in [3.05, 3.63) is 53.1 Å². The number of carbonyl (C=O) groups is 1. The van der Waals surface area contributed by atoms with Crippen LogP contribution in [0.15, 0.2) is 36.5 Å². The Morgan fingerprint density at radius 1 is 1.20 bits per heavy atom. The average molecular weight is 356 g/mol. The van der Waals surface area contributed by atoms with Gasteiger partial charge in [-0.25, -0.2) is 4.39 Å². The summed E-state index contributed by atoms with van der Waals surface area (Å²) in [4.78, 5) is 19.6. The van der Waals surface area contributed by atoms with E-state index < -0.39 is 5.82 Å². The Morgan fingerprint density at radius 2 is 2.04 bits per heavy atom. The molecule has 2 aromatic heterocycles. The summed E-state index contributed by atoms with van der Waals surface area (Å²) < 4.78 is 16.1. The van der Waals surface area contributed by atoms with Gasteiger partial charge in [0.1, 0.15) is 11.5 Å². The van der Waals surface area contributed by atoms with E-state index in [1.165, 1.54) is 12.1 Å². The molecule has 25 heavy (non-hydrogen) atoms. The van der Waals surface area contributed by atoms with Crippen LogP contribution < -0.4 is 0 Å². The molecule has 126 valence electrons. The van der Waals surface area contributed by atoms with Crippen LogP contribution in [0.2, 0.25) is 5.02 Å². The minimum absolute atomic E-state index is 0.0112. The lowest BCUT2D eigenvalue weighted by Gasteiger charge is -2.29. The van der Waals surface area contributed by atoms with E-state index in [0.29, 0.717) is 29.4 Å². The van der Waals surface area contributed by atoms with E-state index in [1.807, 2.05) is 21.6 Å². The van der Waals surface area contributed by atoms with E-state index in [0.717, 1.165) is 30.4 Å². The lowest BCUT2D eigenvalue weighted by molar-refractivity contribution is 0.0694. The molecule has 1 amide bonds. The topological polar surface area (TPSA) is 38.1 Å². The Balaban J connectivity index is 1.80. The van der Waals surface area contributed by atoms with Gasteiger partial charge in [0, 0.05) is 30.9 Å². The van der Waals surface area contributed by atoms with Gasteiger partial charge in [0.2, 0.25) is 0 Å². The van der Waals surface area contributed by atoms with Gasteiger partial charge in [0.05, 0.1) is 16.1 Å². The van der Waals surface area contributed by atoms with Crippen molar-refractivity contribution in [1.29, 1.82) is 0 Å².